The first-order valence-corrected chi connectivity index (χ1v) is 7.53. The lowest BCUT2D eigenvalue weighted by atomic mass is 10.1. The first kappa shape index (κ1) is 18.2. The Morgan fingerprint density at radius 3 is 2.48 bits per heavy atom. The maximum atomic E-state index is 12.2. The van der Waals surface area contributed by atoms with E-state index in [1.807, 2.05) is 0 Å². The van der Waals surface area contributed by atoms with Crippen LogP contribution in [-0.4, -0.2) is 16.7 Å². The maximum absolute atomic E-state index is 12.2. The van der Waals surface area contributed by atoms with E-state index in [1.54, 1.807) is 24.3 Å². The molecule has 0 aliphatic heterocycles. The van der Waals surface area contributed by atoms with Crippen LogP contribution in [0.4, 0.5) is 11.4 Å². The summed E-state index contributed by atoms with van der Waals surface area (Å²) in [6.45, 7) is 3.67. The predicted molar refractivity (Wildman–Crippen MR) is 94.5 cm³/mol. The molecule has 0 aliphatic carbocycles. The molecule has 2 rings (SSSR count). The molecule has 0 bridgehead atoms. The van der Waals surface area contributed by atoms with E-state index >= 15 is 0 Å². The molecular weight excluding hydrogens is 346 g/mol. The van der Waals surface area contributed by atoms with Crippen molar-refractivity contribution < 1.29 is 14.5 Å². The van der Waals surface area contributed by atoms with Gasteiger partial charge in [-0.05, 0) is 35.9 Å². The number of nitro benzene ring substituents is 1. The zero-order chi connectivity index (χ0) is 18.4. The fraction of sp³-hybridized carbons (Fsp3) is 0.0588. The van der Waals surface area contributed by atoms with Crippen molar-refractivity contribution in [3.63, 3.8) is 0 Å². The Bertz CT molecular complexity index is 834. The normalized spacial score (nSPS) is 9.96. The number of amides is 2. The summed E-state index contributed by atoms with van der Waals surface area (Å²) in [7, 11) is 0. The van der Waals surface area contributed by atoms with Crippen LogP contribution < -0.4 is 10.6 Å². The van der Waals surface area contributed by atoms with E-state index < -0.39 is 10.8 Å². The summed E-state index contributed by atoms with van der Waals surface area (Å²) in [5.74, 6) is -0.704. The van der Waals surface area contributed by atoms with Gasteiger partial charge in [-0.25, -0.2) is 0 Å². The summed E-state index contributed by atoms with van der Waals surface area (Å²) < 4.78 is 0. The third-order valence-electron chi connectivity index (χ3n) is 3.27. The number of anilines is 1. The van der Waals surface area contributed by atoms with E-state index in [2.05, 4.69) is 17.2 Å². The summed E-state index contributed by atoms with van der Waals surface area (Å²) in [5.41, 5.74) is 1.17. The molecule has 0 unspecified atom stereocenters. The predicted octanol–water partition coefficient (Wildman–Crippen LogP) is 3.30. The molecule has 0 atom stereocenters. The number of carbonyl (C=O) groups excluding carboxylic acids is 2. The highest BCUT2D eigenvalue weighted by Gasteiger charge is 2.14. The molecule has 25 heavy (non-hydrogen) atoms. The standard InChI is InChI=1S/C17H14ClN3O4/c1-2-16(22)19-10-11-3-5-12(6-4-11)17(23)20-13-7-8-14(18)15(9-13)21(24)25/h2-9H,1,10H2,(H,19,22)(H,20,23). The van der Waals surface area contributed by atoms with E-state index in [9.17, 15) is 19.7 Å². The van der Waals surface area contributed by atoms with Crippen molar-refractivity contribution in [2.45, 2.75) is 6.54 Å². The van der Waals surface area contributed by atoms with Crippen LogP contribution in [-0.2, 0) is 11.3 Å². The molecular formula is C17H14ClN3O4. The molecule has 0 heterocycles. The van der Waals surface area contributed by atoms with Gasteiger partial charge < -0.3 is 10.6 Å². The van der Waals surface area contributed by atoms with Crippen LogP contribution >= 0.6 is 11.6 Å². The van der Waals surface area contributed by atoms with E-state index in [-0.39, 0.29) is 22.3 Å². The van der Waals surface area contributed by atoms with Gasteiger partial charge in [0.25, 0.3) is 11.6 Å². The molecule has 0 spiro atoms. The zero-order valence-corrected chi connectivity index (χ0v) is 13.7. The van der Waals surface area contributed by atoms with Gasteiger partial charge in [-0.1, -0.05) is 30.3 Å². The minimum absolute atomic E-state index is 0.00563. The van der Waals surface area contributed by atoms with E-state index in [1.165, 1.54) is 24.3 Å². The third-order valence-corrected chi connectivity index (χ3v) is 3.59. The van der Waals surface area contributed by atoms with Crippen LogP contribution in [0, 0.1) is 10.1 Å². The van der Waals surface area contributed by atoms with Gasteiger partial charge >= 0.3 is 0 Å². The summed E-state index contributed by atoms with van der Waals surface area (Å²) in [6, 6.07) is 10.6. The van der Waals surface area contributed by atoms with Crippen molar-refractivity contribution in [3.8, 4) is 0 Å². The third kappa shape index (κ3) is 4.89. The van der Waals surface area contributed by atoms with Crippen LogP contribution in [0.1, 0.15) is 15.9 Å². The second-order valence-electron chi connectivity index (χ2n) is 5.00. The first-order chi connectivity index (χ1) is 11.9. The molecule has 7 nitrogen and oxygen atoms in total. The van der Waals surface area contributed by atoms with Gasteiger partial charge in [0.05, 0.1) is 4.92 Å². The fourth-order valence-electron chi connectivity index (χ4n) is 1.97. The molecule has 0 radical (unpaired) electrons. The van der Waals surface area contributed by atoms with Gasteiger partial charge in [0.1, 0.15) is 5.02 Å². The van der Waals surface area contributed by atoms with Crippen molar-refractivity contribution in [3.05, 3.63) is 81.4 Å². The number of benzene rings is 2. The van der Waals surface area contributed by atoms with Crippen LogP contribution in [0.15, 0.2) is 55.1 Å². The summed E-state index contributed by atoms with van der Waals surface area (Å²) in [5, 5.41) is 16.1. The molecule has 128 valence electrons. The summed E-state index contributed by atoms with van der Waals surface area (Å²) >= 11 is 5.73. The molecule has 2 aromatic rings. The van der Waals surface area contributed by atoms with Crippen LogP contribution in [0.3, 0.4) is 0 Å². The monoisotopic (exact) mass is 359 g/mol. The molecule has 2 N–H and O–H groups in total. The minimum Gasteiger partial charge on any atom is -0.348 e. The number of hydrogen-bond donors (Lipinski definition) is 2. The van der Waals surface area contributed by atoms with Gasteiger partial charge in [-0.3, -0.25) is 19.7 Å². The molecule has 0 aliphatic rings. The van der Waals surface area contributed by atoms with Gasteiger partial charge in [-0.2, -0.15) is 0 Å². The Balaban J connectivity index is 2.06. The van der Waals surface area contributed by atoms with Gasteiger partial charge in [0.15, 0.2) is 0 Å². The SMILES string of the molecule is C=CC(=O)NCc1ccc(C(=O)Nc2ccc(Cl)c([N+](=O)[O-])c2)cc1. The highest BCUT2D eigenvalue weighted by molar-refractivity contribution is 6.32. The average Bonchev–Trinajstić information content (AvgIpc) is 2.61. The molecule has 0 saturated carbocycles. The number of rotatable bonds is 6. The smallest absolute Gasteiger partial charge is 0.289 e. The van der Waals surface area contributed by atoms with Crippen molar-refractivity contribution in [2.75, 3.05) is 5.32 Å². The summed E-state index contributed by atoms with van der Waals surface area (Å²) in [6.07, 6.45) is 1.17. The largest absolute Gasteiger partial charge is 0.348 e. The van der Waals surface area contributed by atoms with Crippen LogP contribution in [0.5, 0.6) is 0 Å². The Labute approximate surface area is 148 Å². The van der Waals surface area contributed by atoms with Crippen molar-refractivity contribution >= 4 is 34.8 Å². The number of hydrogen-bond acceptors (Lipinski definition) is 4. The van der Waals surface area contributed by atoms with Crippen LogP contribution in [0.25, 0.3) is 0 Å². The Morgan fingerprint density at radius 2 is 1.88 bits per heavy atom. The van der Waals surface area contributed by atoms with E-state index in [0.717, 1.165) is 5.56 Å². The van der Waals surface area contributed by atoms with Crippen molar-refractivity contribution in [1.29, 1.82) is 0 Å². The minimum atomic E-state index is -0.621. The zero-order valence-electron chi connectivity index (χ0n) is 13.0. The Hall–Kier alpha value is -3.19. The van der Waals surface area contributed by atoms with Gasteiger partial charge in [0, 0.05) is 23.9 Å². The van der Waals surface area contributed by atoms with Crippen molar-refractivity contribution in [2.24, 2.45) is 0 Å². The molecule has 8 heteroatoms. The molecule has 0 saturated heterocycles. The lowest BCUT2D eigenvalue weighted by Crippen LogP contribution is -2.20. The number of nitrogens with one attached hydrogen (secondary N) is 2. The lowest BCUT2D eigenvalue weighted by Gasteiger charge is -2.07. The average molecular weight is 360 g/mol. The molecule has 2 aromatic carbocycles. The fourth-order valence-corrected chi connectivity index (χ4v) is 2.16. The Kier molecular flexibility index (Phi) is 5.86. The number of halogens is 1. The number of carbonyl (C=O) groups is 2. The van der Waals surface area contributed by atoms with Crippen molar-refractivity contribution in [1.82, 2.24) is 5.32 Å². The van der Waals surface area contributed by atoms with Crippen LogP contribution in [0.2, 0.25) is 5.02 Å². The molecule has 0 fully saturated rings. The Morgan fingerprint density at radius 1 is 1.20 bits per heavy atom. The topological polar surface area (TPSA) is 101 Å². The second-order valence-corrected chi connectivity index (χ2v) is 5.40. The highest BCUT2D eigenvalue weighted by Crippen LogP contribution is 2.27. The maximum Gasteiger partial charge on any atom is 0.289 e. The highest BCUT2D eigenvalue weighted by atomic mass is 35.5. The van der Waals surface area contributed by atoms with E-state index in [0.29, 0.717) is 12.1 Å². The number of nitro groups is 1. The van der Waals surface area contributed by atoms with Gasteiger partial charge in [-0.15, -0.1) is 0 Å². The van der Waals surface area contributed by atoms with E-state index in [4.69, 9.17) is 11.6 Å². The van der Waals surface area contributed by atoms with Gasteiger partial charge in [0.2, 0.25) is 5.91 Å². The molecule has 0 aromatic heterocycles. The second kappa shape index (κ2) is 8.07. The number of nitrogens with zero attached hydrogens (tertiary/aromatic N) is 1. The quantitative estimate of drug-likeness (QED) is 0.469. The first-order valence-electron chi connectivity index (χ1n) is 7.15. The lowest BCUT2D eigenvalue weighted by molar-refractivity contribution is -0.384. The summed E-state index contributed by atoms with van der Waals surface area (Å²) in [4.78, 5) is 33.6. The molecule has 2 amide bonds.